The second kappa shape index (κ2) is 7.39. The Balaban J connectivity index is 2.05. The van der Waals surface area contributed by atoms with Crippen LogP contribution in [0.15, 0.2) is 65.8 Å². The summed E-state index contributed by atoms with van der Waals surface area (Å²) in [7, 11) is 0. The van der Waals surface area contributed by atoms with Crippen LogP contribution < -0.4 is 5.43 Å². The standard InChI is InChI=1S/C18H20N2O/c1-14(2)18(16-11-7-4-8-12-16)20-19-17(21)13-15-9-5-3-6-10-15/h3-12,14H,13H2,1-2H3,(H,19,21)/b20-18-. The molecule has 0 heterocycles. The van der Waals surface area contributed by atoms with E-state index in [-0.39, 0.29) is 11.8 Å². The number of hydrogen-bond donors (Lipinski definition) is 1. The minimum Gasteiger partial charge on any atom is -0.273 e. The third-order valence-electron chi connectivity index (χ3n) is 3.12. The van der Waals surface area contributed by atoms with Gasteiger partial charge in [0.15, 0.2) is 0 Å². The Morgan fingerprint density at radius 2 is 1.57 bits per heavy atom. The van der Waals surface area contributed by atoms with E-state index in [4.69, 9.17) is 0 Å². The van der Waals surface area contributed by atoms with Crippen molar-refractivity contribution < 1.29 is 4.79 Å². The summed E-state index contributed by atoms with van der Waals surface area (Å²) >= 11 is 0. The molecule has 0 aliphatic heterocycles. The third kappa shape index (κ3) is 4.56. The van der Waals surface area contributed by atoms with Gasteiger partial charge in [-0.15, -0.1) is 0 Å². The Bertz CT molecular complexity index is 604. The molecule has 0 aliphatic carbocycles. The average Bonchev–Trinajstić information content (AvgIpc) is 2.49. The monoisotopic (exact) mass is 280 g/mol. The van der Waals surface area contributed by atoms with Crippen molar-refractivity contribution in [3.63, 3.8) is 0 Å². The van der Waals surface area contributed by atoms with E-state index < -0.39 is 0 Å². The molecule has 1 amide bonds. The molecule has 0 radical (unpaired) electrons. The van der Waals surface area contributed by atoms with E-state index >= 15 is 0 Å². The number of nitrogens with zero attached hydrogens (tertiary/aromatic N) is 1. The van der Waals surface area contributed by atoms with Crippen molar-refractivity contribution in [1.82, 2.24) is 5.43 Å². The van der Waals surface area contributed by atoms with Crippen molar-refractivity contribution in [3.05, 3.63) is 71.8 Å². The first kappa shape index (κ1) is 15.0. The van der Waals surface area contributed by atoms with Gasteiger partial charge in [0.2, 0.25) is 5.91 Å². The van der Waals surface area contributed by atoms with E-state index in [2.05, 4.69) is 24.4 Å². The molecular formula is C18H20N2O. The summed E-state index contributed by atoms with van der Waals surface area (Å²) in [5.74, 6) is 0.139. The molecule has 0 bridgehead atoms. The largest absolute Gasteiger partial charge is 0.273 e. The fraction of sp³-hybridized carbons (Fsp3) is 0.222. The lowest BCUT2D eigenvalue weighted by atomic mass is 10.0. The van der Waals surface area contributed by atoms with Gasteiger partial charge in [0.05, 0.1) is 12.1 Å². The molecule has 3 heteroatoms. The van der Waals surface area contributed by atoms with Crippen LogP contribution in [0.25, 0.3) is 0 Å². The van der Waals surface area contributed by atoms with Crippen LogP contribution in [0.5, 0.6) is 0 Å². The minimum atomic E-state index is -0.102. The third-order valence-corrected chi connectivity index (χ3v) is 3.12. The van der Waals surface area contributed by atoms with Gasteiger partial charge in [-0.05, 0) is 17.0 Å². The number of carbonyl (C=O) groups excluding carboxylic acids is 1. The van der Waals surface area contributed by atoms with Crippen LogP contribution >= 0.6 is 0 Å². The molecule has 2 aromatic rings. The van der Waals surface area contributed by atoms with E-state index in [0.29, 0.717) is 6.42 Å². The summed E-state index contributed by atoms with van der Waals surface area (Å²) in [6.07, 6.45) is 0.338. The molecule has 0 spiro atoms. The number of benzene rings is 2. The SMILES string of the molecule is CC(C)/C(=N/NC(=O)Cc1ccccc1)c1ccccc1. The summed E-state index contributed by atoms with van der Waals surface area (Å²) in [5, 5.41) is 4.31. The first-order valence-electron chi connectivity index (χ1n) is 7.12. The molecule has 3 nitrogen and oxygen atoms in total. The van der Waals surface area contributed by atoms with Gasteiger partial charge in [0, 0.05) is 0 Å². The average molecular weight is 280 g/mol. The van der Waals surface area contributed by atoms with Crippen molar-refractivity contribution in [2.45, 2.75) is 20.3 Å². The van der Waals surface area contributed by atoms with Crippen molar-refractivity contribution in [3.8, 4) is 0 Å². The zero-order valence-corrected chi connectivity index (χ0v) is 12.4. The Morgan fingerprint density at radius 1 is 1.00 bits per heavy atom. The van der Waals surface area contributed by atoms with Crippen molar-refractivity contribution in [2.24, 2.45) is 11.0 Å². The second-order valence-corrected chi connectivity index (χ2v) is 5.22. The van der Waals surface area contributed by atoms with Gasteiger partial charge >= 0.3 is 0 Å². The van der Waals surface area contributed by atoms with Crippen LogP contribution in [0, 0.1) is 5.92 Å². The normalized spacial score (nSPS) is 11.5. The maximum absolute atomic E-state index is 12.0. The maximum atomic E-state index is 12.0. The van der Waals surface area contributed by atoms with Gasteiger partial charge in [-0.1, -0.05) is 74.5 Å². The molecule has 0 atom stereocenters. The van der Waals surface area contributed by atoms with E-state index in [0.717, 1.165) is 16.8 Å². The summed E-state index contributed by atoms with van der Waals surface area (Å²) in [5.41, 5.74) is 5.56. The van der Waals surface area contributed by atoms with Crippen molar-refractivity contribution in [2.75, 3.05) is 0 Å². The number of nitrogens with one attached hydrogen (secondary N) is 1. The highest BCUT2D eigenvalue weighted by Crippen LogP contribution is 2.09. The topological polar surface area (TPSA) is 41.5 Å². The molecule has 0 fully saturated rings. The highest BCUT2D eigenvalue weighted by atomic mass is 16.2. The van der Waals surface area contributed by atoms with E-state index in [9.17, 15) is 4.79 Å². The second-order valence-electron chi connectivity index (χ2n) is 5.22. The van der Waals surface area contributed by atoms with Crippen LogP contribution in [0.4, 0.5) is 0 Å². The number of hydrogen-bond acceptors (Lipinski definition) is 2. The Kier molecular flexibility index (Phi) is 5.27. The first-order valence-corrected chi connectivity index (χ1v) is 7.12. The quantitative estimate of drug-likeness (QED) is 0.662. The highest BCUT2D eigenvalue weighted by Gasteiger charge is 2.09. The smallest absolute Gasteiger partial charge is 0.244 e. The summed E-state index contributed by atoms with van der Waals surface area (Å²) < 4.78 is 0. The highest BCUT2D eigenvalue weighted by molar-refractivity contribution is 6.02. The maximum Gasteiger partial charge on any atom is 0.244 e. The zero-order chi connectivity index (χ0) is 15.1. The van der Waals surface area contributed by atoms with Gasteiger partial charge in [0.1, 0.15) is 0 Å². The van der Waals surface area contributed by atoms with Crippen LogP contribution in [0.2, 0.25) is 0 Å². The molecule has 108 valence electrons. The summed E-state index contributed by atoms with van der Waals surface area (Å²) in [6, 6.07) is 19.6. The molecule has 2 rings (SSSR count). The lowest BCUT2D eigenvalue weighted by Crippen LogP contribution is -2.23. The molecule has 0 aliphatic rings. The Morgan fingerprint density at radius 3 is 2.14 bits per heavy atom. The van der Waals surface area contributed by atoms with Crippen LogP contribution in [0.1, 0.15) is 25.0 Å². The summed E-state index contributed by atoms with van der Waals surface area (Å²) in [6.45, 7) is 4.13. The van der Waals surface area contributed by atoms with Gasteiger partial charge in [0.25, 0.3) is 0 Å². The fourth-order valence-electron chi connectivity index (χ4n) is 2.08. The number of amides is 1. The molecule has 21 heavy (non-hydrogen) atoms. The number of rotatable bonds is 5. The minimum absolute atomic E-state index is 0.102. The van der Waals surface area contributed by atoms with Crippen LogP contribution in [0.3, 0.4) is 0 Å². The molecular weight excluding hydrogens is 260 g/mol. The number of hydrazone groups is 1. The lowest BCUT2D eigenvalue weighted by molar-refractivity contribution is -0.120. The summed E-state index contributed by atoms with van der Waals surface area (Å²) in [4.78, 5) is 12.0. The first-order chi connectivity index (χ1) is 10.2. The van der Waals surface area contributed by atoms with Crippen molar-refractivity contribution in [1.29, 1.82) is 0 Å². The van der Waals surface area contributed by atoms with Gasteiger partial charge in [-0.25, -0.2) is 5.43 Å². The van der Waals surface area contributed by atoms with Crippen molar-refractivity contribution >= 4 is 11.6 Å². The number of carbonyl (C=O) groups is 1. The molecule has 0 aromatic heterocycles. The van der Waals surface area contributed by atoms with Crippen LogP contribution in [-0.2, 0) is 11.2 Å². The zero-order valence-electron chi connectivity index (χ0n) is 12.4. The molecule has 0 unspecified atom stereocenters. The van der Waals surface area contributed by atoms with Gasteiger partial charge in [-0.3, -0.25) is 4.79 Å². The van der Waals surface area contributed by atoms with Gasteiger partial charge < -0.3 is 0 Å². The van der Waals surface area contributed by atoms with E-state index in [1.165, 1.54) is 0 Å². The molecule has 0 saturated carbocycles. The predicted octanol–water partition coefficient (Wildman–Crippen LogP) is 3.41. The van der Waals surface area contributed by atoms with E-state index in [1.807, 2.05) is 60.7 Å². The fourth-order valence-corrected chi connectivity index (χ4v) is 2.08. The Labute approximate surface area is 125 Å². The lowest BCUT2D eigenvalue weighted by Gasteiger charge is -2.10. The molecule has 1 N–H and O–H groups in total. The predicted molar refractivity (Wildman–Crippen MR) is 86.1 cm³/mol. The Hall–Kier alpha value is -2.42. The van der Waals surface area contributed by atoms with Crippen LogP contribution in [-0.4, -0.2) is 11.6 Å². The van der Waals surface area contributed by atoms with E-state index in [1.54, 1.807) is 0 Å². The molecule has 0 saturated heterocycles. The van der Waals surface area contributed by atoms with Gasteiger partial charge in [-0.2, -0.15) is 5.10 Å². The molecule has 2 aromatic carbocycles.